The maximum absolute atomic E-state index is 13.0. The number of rotatable bonds is 8. The van der Waals surface area contributed by atoms with Gasteiger partial charge in [0.1, 0.15) is 40.0 Å². The molecule has 3 aromatic heterocycles. The first-order valence-corrected chi connectivity index (χ1v) is 14.0. The van der Waals surface area contributed by atoms with Crippen molar-refractivity contribution in [2.75, 3.05) is 21.7 Å². The van der Waals surface area contributed by atoms with Gasteiger partial charge in [0.25, 0.3) is 16.8 Å². The second-order valence-corrected chi connectivity index (χ2v) is 11.1. The Kier molecular flexibility index (Phi) is 6.37. The molecule has 14 heteroatoms. The van der Waals surface area contributed by atoms with E-state index in [9.17, 15) is 27.6 Å². The summed E-state index contributed by atoms with van der Waals surface area (Å²) in [7, 11) is 0. The van der Waals surface area contributed by atoms with Gasteiger partial charge in [-0.2, -0.15) is 13.2 Å². The maximum Gasteiger partial charge on any atom is 0.416 e. The Hall–Kier alpha value is -5.27. The van der Waals surface area contributed by atoms with E-state index in [1.165, 1.54) is 12.1 Å². The molecule has 2 aliphatic carbocycles. The third kappa shape index (κ3) is 4.91. The number of alkyl halides is 3. The van der Waals surface area contributed by atoms with Gasteiger partial charge in [0.15, 0.2) is 0 Å². The summed E-state index contributed by atoms with van der Waals surface area (Å²) in [6.07, 6.45) is 3.13. The number of carbonyl (C=O) groups excluding carboxylic acids is 1. The Morgan fingerprint density at radius 2 is 1.61 bits per heavy atom. The lowest BCUT2D eigenvalue weighted by atomic mass is 9.79. The van der Waals surface area contributed by atoms with E-state index >= 15 is 0 Å². The number of nitrogens with two attached hydrogens (primary N) is 1. The summed E-state index contributed by atoms with van der Waals surface area (Å²) >= 11 is 0. The van der Waals surface area contributed by atoms with Crippen LogP contribution in [0.3, 0.4) is 0 Å². The van der Waals surface area contributed by atoms with Gasteiger partial charge in [0.05, 0.1) is 5.56 Å². The standard InChI is InChI=1S/C30H25F3N8O3/c31-30(32,33)17-7-8-35-20(13-17)39-29(44)15-3-1-14(2-4-15)21-24-27(34)36-9-10-41(24)28(40-21)16-11-19(12-16)38-23-22(25(42)26(23)43)37-18-5-6-18/h1-4,7-10,13,16,18-19,37-38H,5-6,11-12H2,(H2,34,36)(H,35,39,44). The number of hydrogen-bond acceptors (Lipinski definition) is 9. The van der Waals surface area contributed by atoms with Gasteiger partial charge in [0.2, 0.25) is 0 Å². The van der Waals surface area contributed by atoms with Gasteiger partial charge in [-0.05, 0) is 49.9 Å². The van der Waals surface area contributed by atoms with Crippen molar-refractivity contribution in [3.05, 3.63) is 92.4 Å². The van der Waals surface area contributed by atoms with Crippen LogP contribution in [0, 0.1) is 0 Å². The number of nitrogen functional groups attached to an aromatic ring is 1. The Morgan fingerprint density at radius 3 is 2.27 bits per heavy atom. The third-order valence-electron chi connectivity index (χ3n) is 8.05. The number of aromatic nitrogens is 4. The molecule has 0 unspecified atom stereocenters. The molecule has 3 heterocycles. The van der Waals surface area contributed by atoms with Gasteiger partial charge in [0, 0.05) is 47.7 Å². The van der Waals surface area contributed by atoms with E-state index in [0.717, 1.165) is 37.0 Å². The second kappa shape index (κ2) is 10.2. The Labute approximate surface area is 247 Å². The number of fused-ring (bicyclic) bond motifs is 1. The summed E-state index contributed by atoms with van der Waals surface area (Å²) in [4.78, 5) is 49.8. The number of hydrogen-bond donors (Lipinski definition) is 4. The molecule has 11 nitrogen and oxygen atoms in total. The van der Waals surface area contributed by atoms with Crippen LogP contribution in [-0.2, 0) is 6.18 Å². The quantitative estimate of drug-likeness (QED) is 0.191. The van der Waals surface area contributed by atoms with Crippen LogP contribution in [0.15, 0.2) is 64.6 Å². The summed E-state index contributed by atoms with van der Waals surface area (Å²) in [6, 6.07) is 8.29. The fourth-order valence-electron chi connectivity index (χ4n) is 5.47. The van der Waals surface area contributed by atoms with Gasteiger partial charge in [-0.1, -0.05) is 12.1 Å². The SMILES string of the molecule is Nc1nccn2c(C3CC(Nc4c(NC5CC5)c(=O)c4=O)C3)nc(-c3ccc(C(=O)Nc4cc(C(F)(F)F)ccn4)cc3)c12. The van der Waals surface area contributed by atoms with E-state index in [4.69, 9.17) is 10.7 Å². The first kappa shape index (κ1) is 27.6. The average molecular weight is 603 g/mol. The summed E-state index contributed by atoms with van der Waals surface area (Å²) in [5.74, 6) is 0.246. The fourth-order valence-corrected chi connectivity index (χ4v) is 5.47. The Bertz CT molecular complexity index is 1990. The van der Waals surface area contributed by atoms with Crippen molar-refractivity contribution >= 4 is 34.4 Å². The lowest BCUT2D eigenvalue weighted by Crippen LogP contribution is -2.43. The monoisotopic (exact) mass is 602 g/mol. The highest BCUT2D eigenvalue weighted by Gasteiger charge is 2.37. The molecule has 0 spiro atoms. The van der Waals surface area contributed by atoms with Crippen molar-refractivity contribution < 1.29 is 18.0 Å². The van der Waals surface area contributed by atoms with E-state index < -0.39 is 28.5 Å². The lowest BCUT2D eigenvalue weighted by Gasteiger charge is -2.36. The van der Waals surface area contributed by atoms with Crippen LogP contribution in [0.5, 0.6) is 0 Å². The number of anilines is 4. The minimum Gasteiger partial charge on any atom is -0.382 e. The van der Waals surface area contributed by atoms with Gasteiger partial charge in [-0.3, -0.25) is 18.8 Å². The first-order valence-electron chi connectivity index (χ1n) is 14.0. The molecule has 0 saturated heterocycles. The van der Waals surface area contributed by atoms with Crippen LogP contribution in [0.4, 0.5) is 36.2 Å². The van der Waals surface area contributed by atoms with E-state index in [0.29, 0.717) is 41.0 Å². The third-order valence-corrected chi connectivity index (χ3v) is 8.05. The number of nitrogens with zero attached hydrogens (tertiary/aromatic N) is 4. The normalized spacial score (nSPS) is 18.2. The van der Waals surface area contributed by atoms with Crippen molar-refractivity contribution in [2.24, 2.45) is 0 Å². The van der Waals surface area contributed by atoms with Crippen LogP contribution < -0.4 is 32.5 Å². The van der Waals surface area contributed by atoms with E-state index in [-0.39, 0.29) is 35.2 Å². The summed E-state index contributed by atoms with van der Waals surface area (Å²) in [5.41, 5.74) is 7.16. The summed E-state index contributed by atoms with van der Waals surface area (Å²) in [5, 5.41) is 8.77. The lowest BCUT2D eigenvalue weighted by molar-refractivity contribution is -0.137. The Balaban J connectivity index is 1.09. The minimum atomic E-state index is -4.56. The minimum absolute atomic E-state index is 0.00199. The number of carbonyl (C=O) groups is 1. The molecule has 224 valence electrons. The second-order valence-electron chi connectivity index (χ2n) is 11.1. The summed E-state index contributed by atoms with van der Waals surface area (Å²) < 4.78 is 41.0. The molecule has 5 aromatic rings. The molecular weight excluding hydrogens is 577 g/mol. The average Bonchev–Trinajstić information content (AvgIpc) is 3.73. The Morgan fingerprint density at radius 1 is 0.932 bits per heavy atom. The molecular formula is C30H25F3N8O3. The van der Waals surface area contributed by atoms with Crippen LogP contribution in [0.25, 0.3) is 16.8 Å². The van der Waals surface area contributed by atoms with Crippen LogP contribution in [-0.4, -0.2) is 37.3 Å². The fraction of sp³-hybridized carbons (Fsp3) is 0.267. The molecule has 5 N–H and O–H groups in total. The number of nitrogens with one attached hydrogen (secondary N) is 3. The predicted octanol–water partition coefficient (Wildman–Crippen LogP) is 4.17. The molecule has 2 aliphatic rings. The van der Waals surface area contributed by atoms with E-state index in [1.807, 2.05) is 4.40 Å². The van der Waals surface area contributed by atoms with Crippen LogP contribution in [0.2, 0.25) is 0 Å². The molecule has 2 saturated carbocycles. The molecule has 2 fully saturated rings. The number of halogens is 3. The van der Waals surface area contributed by atoms with Crippen molar-refractivity contribution in [1.82, 2.24) is 19.4 Å². The number of imidazole rings is 1. The number of pyridine rings is 1. The summed E-state index contributed by atoms with van der Waals surface area (Å²) in [6.45, 7) is 0. The molecule has 1 amide bonds. The molecule has 44 heavy (non-hydrogen) atoms. The highest BCUT2D eigenvalue weighted by molar-refractivity contribution is 6.04. The van der Waals surface area contributed by atoms with Crippen molar-refractivity contribution in [2.45, 2.75) is 49.9 Å². The molecule has 0 aliphatic heterocycles. The molecule has 0 bridgehead atoms. The smallest absolute Gasteiger partial charge is 0.382 e. The topological polar surface area (TPSA) is 156 Å². The first-order chi connectivity index (χ1) is 21.1. The zero-order valence-corrected chi connectivity index (χ0v) is 23.0. The van der Waals surface area contributed by atoms with Gasteiger partial charge >= 0.3 is 6.18 Å². The highest BCUT2D eigenvalue weighted by atomic mass is 19.4. The van der Waals surface area contributed by atoms with Crippen molar-refractivity contribution in [1.29, 1.82) is 0 Å². The zero-order valence-electron chi connectivity index (χ0n) is 23.0. The number of amides is 1. The maximum atomic E-state index is 13.0. The van der Waals surface area contributed by atoms with Gasteiger partial charge in [-0.15, -0.1) is 0 Å². The van der Waals surface area contributed by atoms with E-state index in [2.05, 4.69) is 25.9 Å². The predicted molar refractivity (Wildman–Crippen MR) is 157 cm³/mol. The van der Waals surface area contributed by atoms with Crippen molar-refractivity contribution in [3.63, 3.8) is 0 Å². The molecule has 0 atom stereocenters. The van der Waals surface area contributed by atoms with Gasteiger partial charge < -0.3 is 21.7 Å². The molecule has 7 rings (SSSR count). The van der Waals surface area contributed by atoms with Crippen molar-refractivity contribution in [3.8, 4) is 11.3 Å². The van der Waals surface area contributed by atoms with E-state index in [1.54, 1.807) is 24.5 Å². The molecule has 2 aromatic carbocycles. The van der Waals surface area contributed by atoms with Crippen LogP contribution in [0.1, 0.15) is 53.3 Å². The van der Waals surface area contributed by atoms with Gasteiger partial charge in [-0.25, -0.2) is 15.0 Å². The van der Waals surface area contributed by atoms with Crippen LogP contribution >= 0.6 is 0 Å². The highest BCUT2D eigenvalue weighted by Crippen LogP contribution is 2.41. The zero-order chi connectivity index (χ0) is 30.7. The largest absolute Gasteiger partial charge is 0.416 e. The molecule has 0 radical (unpaired) electrons. The number of benzene rings is 1.